The molecule has 0 radical (unpaired) electrons. The number of rotatable bonds is 6. The minimum Gasteiger partial charge on any atom is -0.337 e. The Balaban J connectivity index is 1.54. The maximum atomic E-state index is 13.7. The standard InChI is InChI=1S/C21H28FN5O/c1-3-25(4-2)17-10-12-26(13-11-17)21(28)19-20(15-8-9-15)27(24-23-19)18-7-5-6-16(22)14-18/h5-7,14-15,17H,3-4,8-13H2,1-2H3. The van der Waals surface area contributed by atoms with Crippen LogP contribution in [0.4, 0.5) is 4.39 Å². The Labute approximate surface area is 165 Å². The van der Waals surface area contributed by atoms with Crippen LogP contribution in [0, 0.1) is 5.82 Å². The number of amides is 1. The zero-order valence-electron chi connectivity index (χ0n) is 16.6. The van der Waals surface area contributed by atoms with Crippen LogP contribution in [0.1, 0.15) is 61.6 Å². The highest BCUT2D eigenvalue weighted by atomic mass is 19.1. The normalized spacial score (nSPS) is 18.1. The minimum atomic E-state index is -0.318. The van der Waals surface area contributed by atoms with Crippen molar-refractivity contribution in [1.82, 2.24) is 24.8 Å². The number of carbonyl (C=O) groups is 1. The van der Waals surface area contributed by atoms with Crippen molar-refractivity contribution in [3.05, 3.63) is 41.5 Å². The van der Waals surface area contributed by atoms with Gasteiger partial charge in [0.15, 0.2) is 5.69 Å². The summed E-state index contributed by atoms with van der Waals surface area (Å²) in [4.78, 5) is 17.6. The zero-order valence-corrected chi connectivity index (χ0v) is 16.6. The van der Waals surface area contributed by atoms with E-state index in [4.69, 9.17) is 0 Å². The molecule has 150 valence electrons. The molecule has 2 heterocycles. The molecule has 0 unspecified atom stereocenters. The van der Waals surface area contributed by atoms with Crippen LogP contribution in [0.3, 0.4) is 0 Å². The molecule has 1 aliphatic carbocycles. The molecular weight excluding hydrogens is 357 g/mol. The van der Waals surface area contributed by atoms with Crippen molar-refractivity contribution >= 4 is 5.91 Å². The second-order valence-corrected chi connectivity index (χ2v) is 7.73. The van der Waals surface area contributed by atoms with Crippen LogP contribution in [0.25, 0.3) is 5.69 Å². The Morgan fingerprint density at radius 3 is 2.50 bits per heavy atom. The van der Waals surface area contributed by atoms with Crippen molar-refractivity contribution in [2.45, 2.75) is 51.5 Å². The molecule has 1 saturated heterocycles. The van der Waals surface area contributed by atoms with E-state index < -0.39 is 0 Å². The molecular formula is C21H28FN5O. The summed E-state index contributed by atoms with van der Waals surface area (Å²) in [5, 5.41) is 8.45. The second kappa shape index (κ2) is 7.99. The SMILES string of the molecule is CCN(CC)C1CCN(C(=O)c2nnn(-c3cccc(F)c3)c2C2CC2)CC1. The van der Waals surface area contributed by atoms with Crippen LogP contribution >= 0.6 is 0 Å². The molecule has 2 aromatic rings. The molecule has 2 aliphatic rings. The smallest absolute Gasteiger partial charge is 0.276 e. The Hall–Kier alpha value is -2.28. The number of nitrogens with zero attached hydrogens (tertiary/aromatic N) is 5. The zero-order chi connectivity index (χ0) is 19.7. The number of likely N-dealkylation sites (tertiary alicyclic amines) is 1. The lowest BCUT2D eigenvalue weighted by Gasteiger charge is -2.37. The van der Waals surface area contributed by atoms with Gasteiger partial charge >= 0.3 is 0 Å². The van der Waals surface area contributed by atoms with E-state index in [9.17, 15) is 9.18 Å². The van der Waals surface area contributed by atoms with Gasteiger partial charge in [0.25, 0.3) is 5.91 Å². The third-order valence-electron chi connectivity index (χ3n) is 6.00. The van der Waals surface area contributed by atoms with E-state index in [0.717, 1.165) is 57.6 Å². The third kappa shape index (κ3) is 3.68. The van der Waals surface area contributed by atoms with Crippen molar-refractivity contribution in [3.8, 4) is 5.69 Å². The van der Waals surface area contributed by atoms with Crippen LogP contribution in [-0.2, 0) is 0 Å². The molecule has 1 saturated carbocycles. The fraction of sp³-hybridized carbons (Fsp3) is 0.571. The number of hydrogen-bond donors (Lipinski definition) is 0. The Morgan fingerprint density at radius 2 is 1.89 bits per heavy atom. The highest BCUT2D eigenvalue weighted by Crippen LogP contribution is 2.42. The topological polar surface area (TPSA) is 54.3 Å². The molecule has 0 N–H and O–H groups in total. The van der Waals surface area contributed by atoms with Gasteiger partial charge in [0, 0.05) is 25.0 Å². The molecule has 1 aliphatic heterocycles. The van der Waals surface area contributed by atoms with Gasteiger partial charge in [-0.15, -0.1) is 5.10 Å². The van der Waals surface area contributed by atoms with E-state index in [1.165, 1.54) is 12.1 Å². The van der Waals surface area contributed by atoms with Gasteiger partial charge in [0.1, 0.15) is 5.82 Å². The van der Waals surface area contributed by atoms with Crippen LogP contribution in [0.2, 0.25) is 0 Å². The highest BCUT2D eigenvalue weighted by Gasteiger charge is 2.36. The van der Waals surface area contributed by atoms with Crippen molar-refractivity contribution in [3.63, 3.8) is 0 Å². The van der Waals surface area contributed by atoms with E-state index in [-0.39, 0.29) is 17.6 Å². The van der Waals surface area contributed by atoms with Crippen molar-refractivity contribution < 1.29 is 9.18 Å². The number of benzene rings is 1. The predicted octanol–water partition coefficient (Wildman–Crippen LogP) is 3.23. The first-order valence-electron chi connectivity index (χ1n) is 10.4. The summed E-state index contributed by atoms with van der Waals surface area (Å²) < 4.78 is 15.3. The summed E-state index contributed by atoms with van der Waals surface area (Å²) in [6, 6.07) is 6.84. The average molecular weight is 385 g/mol. The molecule has 0 atom stereocenters. The number of halogens is 1. The third-order valence-corrected chi connectivity index (χ3v) is 6.00. The summed E-state index contributed by atoms with van der Waals surface area (Å²) in [5.41, 5.74) is 1.89. The molecule has 7 heteroatoms. The maximum Gasteiger partial charge on any atom is 0.276 e. The fourth-order valence-corrected chi connectivity index (χ4v) is 4.29. The molecule has 1 aromatic heterocycles. The summed E-state index contributed by atoms with van der Waals surface area (Å²) in [7, 11) is 0. The van der Waals surface area contributed by atoms with Crippen molar-refractivity contribution in [1.29, 1.82) is 0 Å². The van der Waals surface area contributed by atoms with Crippen molar-refractivity contribution in [2.75, 3.05) is 26.2 Å². The van der Waals surface area contributed by atoms with E-state index in [1.54, 1.807) is 16.8 Å². The quantitative estimate of drug-likeness (QED) is 0.766. The van der Waals surface area contributed by atoms with E-state index in [0.29, 0.717) is 17.4 Å². The fourth-order valence-electron chi connectivity index (χ4n) is 4.29. The minimum absolute atomic E-state index is 0.0393. The monoisotopic (exact) mass is 385 g/mol. The summed E-state index contributed by atoms with van der Waals surface area (Å²) >= 11 is 0. The largest absolute Gasteiger partial charge is 0.337 e. The van der Waals surface area contributed by atoms with Gasteiger partial charge in [0.05, 0.1) is 11.4 Å². The summed E-state index contributed by atoms with van der Waals surface area (Å²) in [6.07, 6.45) is 4.02. The molecule has 1 aromatic carbocycles. The molecule has 28 heavy (non-hydrogen) atoms. The van der Waals surface area contributed by atoms with Gasteiger partial charge in [-0.1, -0.05) is 25.1 Å². The lowest BCUT2D eigenvalue weighted by molar-refractivity contribution is 0.0624. The maximum absolute atomic E-state index is 13.7. The molecule has 0 bridgehead atoms. The first kappa shape index (κ1) is 19.1. The van der Waals surface area contributed by atoms with Gasteiger partial charge < -0.3 is 9.80 Å². The predicted molar refractivity (Wildman–Crippen MR) is 105 cm³/mol. The molecule has 1 amide bonds. The van der Waals surface area contributed by atoms with Crippen LogP contribution in [-0.4, -0.2) is 62.9 Å². The van der Waals surface area contributed by atoms with Crippen LogP contribution in [0.5, 0.6) is 0 Å². The molecule has 2 fully saturated rings. The summed E-state index contributed by atoms with van der Waals surface area (Å²) in [6.45, 7) is 7.96. The van der Waals surface area contributed by atoms with Gasteiger partial charge in [0.2, 0.25) is 0 Å². The van der Waals surface area contributed by atoms with Crippen LogP contribution < -0.4 is 0 Å². The molecule has 4 rings (SSSR count). The average Bonchev–Trinajstić information content (AvgIpc) is 3.46. The van der Waals surface area contributed by atoms with Gasteiger partial charge in [-0.25, -0.2) is 9.07 Å². The van der Waals surface area contributed by atoms with Gasteiger partial charge in [-0.2, -0.15) is 0 Å². The Bertz CT molecular complexity index is 835. The van der Waals surface area contributed by atoms with Crippen molar-refractivity contribution in [2.24, 2.45) is 0 Å². The first-order valence-corrected chi connectivity index (χ1v) is 10.4. The first-order chi connectivity index (χ1) is 13.6. The lowest BCUT2D eigenvalue weighted by Crippen LogP contribution is -2.46. The van der Waals surface area contributed by atoms with E-state index >= 15 is 0 Å². The second-order valence-electron chi connectivity index (χ2n) is 7.73. The lowest BCUT2D eigenvalue weighted by atomic mass is 10.0. The van der Waals surface area contributed by atoms with E-state index in [2.05, 4.69) is 29.1 Å². The van der Waals surface area contributed by atoms with Gasteiger partial charge in [-0.05, 0) is 57.0 Å². The Kier molecular flexibility index (Phi) is 5.44. The molecule has 6 nitrogen and oxygen atoms in total. The van der Waals surface area contributed by atoms with E-state index in [1.807, 2.05) is 4.90 Å². The number of piperidine rings is 1. The number of aromatic nitrogens is 3. The molecule has 0 spiro atoms. The van der Waals surface area contributed by atoms with Crippen LogP contribution in [0.15, 0.2) is 24.3 Å². The number of carbonyl (C=O) groups excluding carboxylic acids is 1. The highest BCUT2D eigenvalue weighted by molar-refractivity contribution is 5.93. The number of hydrogen-bond acceptors (Lipinski definition) is 4. The Morgan fingerprint density at radius 1 is 1.18 bits per heavy atom. The van der Waals surface area contributed by atoms with Gasteiger partial charge in [-0.3, -0.25) is 4.79 Å². The summed E-state index contributed by atoms with van der Waals surface area (Å²) in [5.74, 6) is -0.0749.